The molecule has 8 heteroatoms. The van der Waals surface area contributed by atoms with Gasteiger partial charge in [-0.05, 0) is 30.0 Å². The van der Waals surface area contributed by atoms with Gasteiger partial charge in [0.05, 0.1) is 13.0 Å². The van der Waals surface area contributed by atoms with Crippen LogP contribution in [-0.4, -0.2) is 47.1 Å². The normalized spacial score (nSPS) is 16.6. The van der Waals surface area contributed by atoms with Gasteiger partial charge in [-0.1, -0.05) is 37.3 Å². The molecule has 2 heterocycles. The molecule has 1 N–H and O–H groups in total. The van der Waals surface area contributed by atoms with Gasteiger partial charge in [0.2, 0.25) is 16.9 Å². The smallest absolute Gasteiger partial charge is 0.231 e. The van der Waals surface area contributed by atoms with Gasteiger partial charge in [0, 0.05) is 25.9 Å². The summed E-state index contributed by atoms with van der Waals surface area (Å²) in [6, 6.07) is 7.77. The molecule has 1 aliphatic heterocycles. The fourth-order valence-corrected chi connectivity index (χ4v) is 3.86. The molecule has 150 valence electrons. The van der Waals surface area contributed by atoms with Gasteiger partial charge in [-0.3, -0.25) is 9.59 Å². The third-order valence-electron chi connectivity index (χ3n) is 4.77. The molecule has 2 aromatic rings. The topological polar surface area (TPSA) is 84.4 Å². The zero-order valence-electron chi connectivity index (χ0n) is 16.5. The molecule has 1 aromatic heterocycles. The van der Waals surface area contributed by atoms with Gasteiger partial charge in [-0.25, -0.2) is 0 Å². The number of anilines is 1. The van der Waals surface area contributed by atoms with E-state index in [0.29, 0.717) is 30.6 Å². The fourth-order valence-electron chi connectivity index (χ4n) is 3.08. The predicted molar refractivity (Wildman–Crippen MR) is 108 cm³/mol. The average molecular weight is 403 g/mol. The minimum absolute atomic E-state index is 0.0539. The Morgan fingerprint density at radius 3 is 2.75 bits per heavy atom. The monoisotopic (exact) mass is 402 g/mol. The Bertz CT molecular complexity index is 819. The molecule has 0 saturated carbocycles. The van der Waals surface area contributed by atoms with Crippen molar-refractivity contribution in [2.45, 2.75) is 33.1 Å². The number of methoxy groups -OCH3 is 1. The first-order valence-electron chi connectivity index (χ1n) is 9.48. The predicted octanol–water partition coefficient (Wildman–Crippen LogP) is 2.97. The van der Waals surface area contributed by atoms with E-state index in [1.54, 1.807) is 12.0 Å². The van der Waals surface area contributed by atoms with E-state index in [4.69, 9.17) is 4.74 Å². The molecule has 1 aromatic carbocycles. The zero-order chi connectivity index (χ0) is 20.1. The van der Waals surface area contributed by atoms with Crippen LogP contribution in [0.25, 0.3) is 0 Å². The highest BCUT2D eigenvalue weighted by atomic mass is 32.1. The van der Waals surface area contributed by atoms with E-state index >= 15 is 0 Å². The minimum Gasteiger partial charge on any atom is -0.497 e. The lowest BCUT2D eigenvalue weighted by atomic mass is 10.1. The maximum atomic E-state index is 12.5. The van der Waals surface area contributed by atoms with Crippen LogP contribution in [0.1, 0.15) is 37.3 Å². The molecule has 7 nitrogen and oxygen atoms in total. The largest absolute Gasteiger partial charge is 0.497 e. The van der Waals surface area contributed by atoms with Crippen LogP contribution in [0.4, 0.5) is 5.13 Å². The Balaban J connectivity index is 1.53. The Morgan fingerprint density at radius 1 is 1.32 bits per heavy atom. The van der Waals surface area contributed by atoms with E-state index in [9.17, 15) is 9.59 Å². The highest BCUT2D eigenvalue weighted by molar-refractivity contribution is 7.15. The second-order valence-corrected chi connectivity index (χ2v) is 8.50. The van der Waals surface area contributed by atoms with Crippen LogP contribution in [0.3, 0.4) is 0 Å². The Labute approximate surface area is 169 Å². The summed E-state index contributed by atoms with van der Waals surface area (Å²) in [7, 11) is 1.64. The summed E-state index contributed by atoms with van der Waals surface area (Å²) < 4.78 is 5.16. The SMILES string of the molecule is COc1ccc(Cc2nnc(NC(=O)C3CC(=O)N(CCC(C)C)C3)s2)cc1. The quantitative estimate of drug-likeness (QED) is 0.734. The summed E-state index contributed by atoms with van der Waals surface area (Å²) in [5.74, 6) is 0.910. The lowest BCUT2D eigenvalue weighted by Crippen LogP contribution is -2.29. The second kappa shape index (κ2) is 9.14. The Hall–Kier alpha value is -2.48. The first-order chi connectivity index (χ1) is 13.4. The van der Waals surface area contributed by atoms with Crippen molar-refractivity contribution in [3.8, 4) is 5.75 Å². The summed E-state index contributed by atoms with van der Waals surface area (Å²) >= 11 is 1.36. The van der Waals surface area contributed by atoms with Crippen LogP contribution in [0.15, 0.2) is 24.3 Å². The van der Waals surface area contributed by atoms with Crippen LogP contribution in [0, 0.1) is 11.8 Å². The third kappa shape index (κ3) is 5.28. The number of benzene rings is 1. The summed E-state index contributed by atoms with van der Waals surface area (Å²) in [5.41, 5.74) is 1.09. The number of likely N-dealkylation sites (tertiary alicyclic amines) is 1. The van der Waals surface area contributed by atoms with Crippen molar-refractivity contribution in [3.63, 3.8) is 0 Å². The average Bonchev–Trinajstić information content (AvgIpc) is 3.27. The fraction of sp³-hybridized carbons (Fsp3) is 0.500. The number of ether oxygens (including phenoxy) is 1. The number of nitrogens with one attached hydrogen (secondary N) is 1. The molecule has 1 saturated heterocycles. The van der Waals surface area contributed by atoms with E-state index in [0.717, 1.165) is 22.7 Å². The lowest BCUT2D eigenvalue weighted by Gasteiger charge is -2.17. The summed E-state index contributed by atoms with van der Waals surface area (Å²) in [6.07, 6.45) is 1.86. The molecule has 28 heavy (non-hydrogen) atoms. The number of hydrogen-bond donors (Lipinski definition) is 1. The first kappa shape index (κ1) is 20.3. The van der Waals surface area contributed by atoms with Crippen LogP contribution < -0.4 is 10.1 Å². The van der Waals surface area contributed by atoms with Crippen molar-refractivity contribution in [1.29, 1.82) is 0 Å². The second-order valence-electron chi connectivity index (χ2n) is 7.44. The number of amides is 2. The third-order valence-corrected chi connectivity index (χ3v) is 5.61. The molecule has 3 rings (SSSR count). The maximum Gasteiger partial charge on any atom is 0.231 e. The molecule has 0 radical (unpaired) electrons. The van der Waals surface area contributed by atoms with Gasteiger partial charge < -0.3 is 15.0 Å². The van der Waals surface area contributed by atoms with Crippen molar-refractivity contribution in [2.75, 3.05) is 25.5 Å². The van der Waals surface area contributed by atoms with E-state index in [2.05, 4.69) is 29.4 Å². The molecular weight excluding hydrogens is 376 g/mol. The number of nitrogens with zero attached hydrogens (tertiary/aromatic N) is 3. The first-order valence-corrected chi connectivity index (χ1v) is 10.3. The number of hydrogen-bond acceptors (Lipinski definition) is 6. The van der Waals surface area contributed by atoms with E-state index in [1.165, 1.54) is 11.3 Å². The van der Waals surface area contributed by atoms with E-state index in [1.807, 2.05) is 24.3 Å². The Kier molecular flexibility index (Phi) is 6.61. The molecule has 1 aliphatic rings. The molecule has 1 unspecified atom stereocenters. The molecular formula is C20H26N4O3S. The zero-order valence-corrected chi connectivity index (χ0v) is 17.3. The summed E-state index contributed by atoms with van der Waals surface area (Å²) in [4.78, 5) is 26.4. The van der Waals surface area contributed by atoms with Crippen molar-refractivity contribution < 1.29 is 14.3 Å². The molecule has 1 fully saturated rings. The van der Waals surface area contributed by atoms with Gasteiger partial charge in [0.1, 0.15) is 10.8 Å². The highest BCUT2D eigenvalue weighted by Gasteiger charge is 2.34. The van der Waals surface area contributed by atoms with Gasteiger partial charge in [-0.15, -0.1) is 10.2 Å². The van der Waals surface area contributed by atoms with Crippen LogP contribution in [0.2, 0.25) is 0 Å². The van der Waals surface area contributed by atoms with Gasteiger partial charge >= 0.3 is 0 Å². The van der Waals surface area contributed by atoms with Crippen LogP contribution in [-0.2, 0) is 16.0 Å². The van der Waals surface area contributed by atoms with Crippen molar-refractivity contribution in [1.82, 2.24) is 15.1 Å². The van der Waals surface area contributed by atoms with Gasteiger partial charge in [0.15, 0.2) is 0 Å². The Morgan fingerprint density at radius 2 is 2.07 bits per heavy atom. The van der Waals surface area contributed by atoms with E-state index in [-0.39, 0.29) is 24.2 Å². The number of aromatic nitrogens is 2. The molecule has 0 bridgehead atoms. The standard InChI is InChI=1S/C20H26N4O3S/c1-13(2)8-9-24-12-15(11-18(24)25)19(26)21-20-23-22-17(28-20)10-14-4-6-16(27-3)7-5-14/h4-7,13,15H,8-12H2,1-3H3,(H,21,23,26). The highest BCUT2D eigenvalue weighted by Crippen LogP contribution is 2.23. The summed E-state index contributed by atoms with van der Waals surface area (Å²) in [5, 5.41) is 12.3. The summed E-state index contributed by atoms with van der Waals surface area (Å²) in [6.45, 7) is 5.45. The van der Waals surface area contributed by atoms with Gasteiger partial charge in [-0.2, -0.15) is 0 Å². The number of carbonyl (C=O) groups excluding carboxylic acids is 2. The minimum atomic E-state index is -0.325. The van der Waals surface area contributed by atoms with Crippen LogP contribution in [0.5, 0.6) is 5.75 Å². The molecule has 0 spiro atoms. The van der Waals surface area contributed by atoms with Crippen molar-refractivity contribution in [3.05, 3.63) is 34.8 Å². The van der Waals surface area contributed by atoms with E-state index < -0.39 is 0 Å². The molecule has 1 atom stereocenters. The maximum absolute atomic E-state index is 12.5. The molecule has 0 aliphatic carbocycles. The van der Waals surface area contributed by atoms with Gasteiger partial charge in [0.25, 0.3) is 0 Å². The molecule has 2 amide bonds. The lowest BCUT2D eigenvalue weighted by molar-refractivity contribution is -0.128. The number of rotatable bonds is 8. The van der Waals surface area contributed by atoms with Crippen molar-refractivity contribution in [2.24, 2.45) is 11.8 Å². The van der Waals surface area contributed by atoms with Crippen LogP contribution >= 0.6 is 11.3 Å². The number of carbonyl (C=O) groups is 2. The van der Waals surface area contributed by atoms with Crippen molar-refractivity contribution >= 4 is 28.3 Å².